The van der Waals surface area contributed by atoms with Gasteiger partial charge in [-0.15, -0.1) is 0 Å². The minimum absolute atomic E-state index is 0.0547. The number of ether oxygens (including phenoxy) is 6. The Kier molecular flexibility index (Phi) is 8.98. The van der Waals surface area contributed by atoms with E-state index in [1.54, 1.807) is 33.3 Å². The molecule has 5 aromatic rings. The van der Waals surface area contributed by atoms with Crippen LogP contribution in [0.3, 0.4) is 0 Å². The van der Waals surface area contributed by atoms with Crippen molar-refractivity contribution in [3.63, 3.8) is 0 Å². The van der Waals surface area contributed by atoms with Crippen LogP contribution in [0.1, 0.15) is 29.1 Å². The standard InChI is InChI=1S/C36H42N4O9/c1-36(46-5)32(45-4)25(38(2)35(43)49-19-18-48-17-16-47-15-14-44-3)20-39-23-12-8-6-10-21(23)26-28-29(34(42)37-33(28)41)27-22-11-7-9-13-24(22)40(36)31(27)30(26)39/h6-13,25,32,34,42H,14-20H2,1-5H3,(H,37,41). The van der Waals surface area contributed by atoms with Gasteiger partial charge in [-0.25, -0.2) is 4.79 Å². The van der Waals surface area contributed by atoms with Gasteiger partial charge in [0.2, 0.25) is 0 Å². The van der Waals surface area contributed by atoms with Crippen LogP contribution in [0.5, 0.6) is 0 Å². The average molecular weight is 675 g/mol. The first-order chi connectivity index (χ1) is 23.8. The number of carbonyl (C=O) groups excluding carboxylic acids is 2. The van der Waals surface area contributed by atoms with Crippen LogP contribution in [0.25, 0.3) is 43.6 Å². The quantitative estimate of drug-likeness (QED) is 0.188. The maximum absolute atomic E-state index is 13.7. The van der Waals surface area contributed by atoms with Crippen LogP contribution in [0.2, 0.25) is 0 Å². The molecule has 0 bridgehead atoms. The number of aromatic nitrogens is 2. The highest BCUT2D eigenvalue weighted by Gasteiger charge is 2.49. The van der Waals surface area contributed by atoms with Crippen molar-refractivity contribution in [1.29, 1.82) is 0 Å². The first-order valence-electron chi connectivity index (χ1n) is 16.4. The molecule has 4 unspecified atom stereocenters. The lowest BCUT2D eigenvalue weighted by atomic mass is 9.94. The van der Waals surface area contributed by atoms with Crippen LogP contribution in [-0.4, -0.2) is 111 Å². The van der Waals surface area contributed by atoms with E-state index in [-0.39, 0.29) is 19.1 Å². The third-order valence-electron chi connectivity index (χ3n) is 10.0. The zero-order valence-electron chi connectivity index (χ0n) is 28.4. The van der Waals surface area contributed by atoms with Crippen molar-refractivity contribution in [2.75, 3.05) is 68.0 Å². The minimum atomic E-state index is -1.19. The molecule has 0 aliphatic carbocycles. The minimum Gasteiger partial charge on any atom is -0.447 e. The van der Waals surface area contributed by atoms with Gasteiger partial charge in [-0.1, -0.05) is 36.4 Å². The second kappa shape index (κ2) is 13.2. The van der Waals surface area contributed by atoms with Gasteiger partial charge < -0.3 is 52.9 Å². The van der Waals surface area contributed by atoms with Gasteiger partial charge in [0.25, 0.3) is 5.91 Å². The van der Waals surface area contributed by atoms with Crippen molar-refractivity contribution in [3.05, 3.63) is 59.7 Å². The third-order valence-corrected chi connectivity index (χ3v) is 10.0. The molecular weight excluding hydrogens is 632 g/mol. The molecule has 0 fully saturated rings. The molecule has 7 rings (SSSR count). The van der Waals surface area contributed by atoms with Crippen LogP contribution in [0.15, 0.2) is 48.5 Å². The van der Waals surface area contributed by atoms with Crippen LogP contribution < -0.4 is 5.32 Å². The van der Waals surface area contributed by atoms with Gasteiger partial charge in [-0.05, 0) is 19.1 Å². The van der Waals surface area contributed by atoms with E-state index >= 15 is 0 Å². The van der Waals surface area contributed by atoms with E-state index in [1.165, 1.54) is 0 Å². The number of hydrogen-bond acceptors (Lipinski definition) is 9. The summed E-state index contributed by atoms with van der Waals surface area (Å²) in [5.41, 5.74) is 3.13. The van der Waals surface area contributed by atoms with Crippen LogP contribution in [0.4, 0.5) is 4.79 Å². The van der Waals surface area contributed by atoms with E-state index in [0.29, 0.717) is 44.1 Å². The highest BCUT2D eigenvalue weighted by molar-refractivity contribution is 6.31. The topological polar surface area (TPSA) is 135 Å². The molecule has 2 aliphatic heterocycles. The van der Waals surface area contributed by atoms with Gasteiger partial charge >= 0.3 is 6.09 Å². The summed E-state index contributed by atoms with van der Waals surface area (Å²) >= 11 is 0. The molecule has 2 aromatic heterocycles. The number of aliphatic hydroxyl groups excluding tert-OH is 1. The Morgan fingerprint density at radius 3 is 2.22 bits per heavy atom. The van der Waals surface area contributed by atoms with E-state index in [1.807, 2.05) is 55.5 Å². The van der Waals surface area contributed by atoms with Crippen LogP contribution in [0, 0.1) is 0 Å². The van der Waals surface area contributed by atoms with Crippen LogP contribution in [-0.2, 0) is 40.7 Å². The van der Waals surface area contributed by atoms with Crippen molar-refractivity contribution in [3.8, 4) is 0 Å². The highest BCUT2D eigenvalue weighted by atomic mass is 16.6. The number of para-hydroxylation sites is 2. The molecule has 2 N–H and O–H groups in total. The average Bonchev–Trinajstić information content (AvgIpc) is 3.72. The fourth-order valence-electron chi connectivity index (χ4n) is 7.79. The zero-order chi connectivity index (χ0) is 34.4. The zero-order valence-corrected chi connectivity index (χ0v) is 28.4. The number of rotatable bonds is 12. The van der Waals surface area contributed by atoms with Crippen molar-refractivity contribution in [1.82, 2.24) is 19.4 Å². The predicted octanol–water partition coefficient (Wildman–Crippen LogP) is 4.10. The fourth-order valence-corrected chi connectivity index (χ4v) is 7.79. The van der Waals surface area contributed by atoms with Gasteiger partial charge in [0.15, 0.2) is 12.0 Å². The van der Waals surface area contributed by atoms with Crippen molar-refractivity contribution >= 4 is 55.6 Å². The lowest BCUT2D eigenvalue weighted by Crippen LogP contribution is -2.59. The summed E-state index contributed by atoms with van der Waals surface area (Å²) in [6.07, 6.45) is -2.44. The molecule has 13 nitrogen and oxygen atoms in total. The number of fused-ring (bicyclic) bond motifs is 9. The SMILES string of the molecule is COCCOCCOCCOC(=O)N(C)C1Cn2c3ccccc3c3c4c(c5c6ccccc6n(c5c32)C(C)(OC)C1OC)C(O)NC4=O. The van der Waals surface area contributed by atoms with Crippen LogP contribution >= 0.6 is 0 Å². The van der Waals surface area contributed by atoms with E-state index in [4.69, 9.17) is 28.4 Å². The molecular formula is C36H42N4O9. The van der Waals surface area contributed by atoms with Gasteiger partial charge in [0.1, 0.15) is 12.7 Å². The summed E-state index contributed by atoms with van der Waals surface area (Å²) in [6.45, 7) is 4.28. The Hall–Kier alpha value is -4.24. The maximum atomic E-state index is 13.7. The Balaban J connectivity index is 1.37. The number of amides is 2. The van der Waals surface area contributed by atoms with Gasteiger partial charge in [-0.2, -0.15) is 0 Å². The van der Waals surface area contributed by atoms with Crippen molar-refractivity contribution in [2.24, 2.45) is 0 Å². The number of nitrogens with zero attached hydrogens (tertiary/aromatic N) is 3. The smallest absolute Gasteiger partial charge is 0.409 e. The molecule has 260 valence electrons. The van der Waals surface area contributed by atoms with E-state index in [0.717, 1.165) is 43.6 Å². The van der Waals surface area contributed by atoms with Crippen molar-refractivity contribution < 1.29 is 43.1 Å². The van der Waals surface area contributed by atoms with Gasteiger partial charge in [0.05, 0.1) is 61.2 Å². The predicted molar refractivity (Wildman–Crippen MR) is 183 cm³/mol. The fraction of sp³-hybridized carbons (Fsp3) is 0.444. The van der Waals surface area contributed by atoms with E-state index in [2.05, 4.69) is 14.5 Å². The molecule has 4 atom stereocenters. The number of methoxy groups -OCH3 is 3. The number of hydrogen-bond donors (Lipinski definition) is 2. The summed E-state index contributed by atoms with van der Waals surface area (Å²) in [5.74, 6) is -0.337. The van der Waals surface area contributed by atoms with Gasteiger partial charge in [-0.3, -0.25) is 4.79 Å². The molecule has 4 heterocycles. The molecule has 0 saturated heterocycles. The Bertz CT molecular complexity index is 2050. The summed E-state index contributed by atoms with van der Waals surface area (Å²) in [7, 11) is 6.55. The number of likely N-dealkylation sites (N-methyl/N-ethyl adjacent to an activating group) is 1. The maximum Gasteiger partial charge on any atom is 0.409 e. The normalized spacial score (nSPS) is 21.8. The number of nitrogens with one attached hydrogen (secondary N) is 1. The van der Waals surface area contributed by atoms with E-state index in [9.17, 15) is 14.7 Å². The molecule has 0 saturated carbocycles. The molecule has 2 amide bonds. The van der Waals surface area contributed by atoms with Gasteiger partial charge in [0, 0.05) is 67.5 Å². The second-order valence-corrected chi connectivity index (χ2v) is 12.5. The molecule has 3 aromatic carbocycles. The Morgan fingerprint density at radius 1 is 0.918 bits per heavy atom. The lowest BCUT2D eigenvalue weighted by Gasteiger charge is -2.45. The Morgan fingerprint density at radius 2 is 1.55 bits per heavy atom. The first kappa shape index (κ1) is 33.3. The molecule has 13 heteroatoms. The first-order valence-corrected chi connectivity index (χ1v) is 16.4. The highest BCUT2D eigenvalue weighted by Crippen LogP contribution is 2.50. The number of carbonyl (C=O) groups is 2. The summed E-state index contributed by atoms with van der Waals surface area (Å²) in [5, 5.41) is 17.3. The van der Waals surface area contributed by atoms with E-state index < -0.39 is 30.2 Å². The largest absolute Gasteiger partial charge is 0.447 e. The monoisotopic (exact) mass is 674 g/mol. The number of benzene rings is 3. The third kappa shape index (κ3) is 5.15. The molecule has 2 aliphatic rings. The Labute approximate surface area is 283 Å². The van der Waals surface area contributed by atoms with Crippen molar-refractivity contribution in [2.45, 2.75) is 37.6 Å². The molecule has 0 spiro atoms. The second-order valence-electron chi connectivity index (χ2n) is 12.5. The molecule has 49 heavy (non-hydrogen) atoms. The lowest BCUT2D eigenvalue weighted by molar-refractivity contribution is -0.176. The summed E-state index contributed by atoms with van der Waals surface area (Å²) in [4.78, 5) is 28.9. The molecule has 0 radical (unpaired) electrons. The summed E-state index contributed by atoms with van der Waals surface area (Å²) < 4.78 is 38.7. The summed E-state index contributed by atoms with van der Waals surface area (Å²) in [6, 6.07) is 15.2. The number of aliphatic hydroxyl groups is 1.